The smallest absolute Gasteiger partial charge is 0.872 e. The Labute approximate surface area is 153 Å². The number of alkyl halides is 6. The van der Waals surface area contributed by atoms with Gasteiger partial charge in [-0.25, -0.2) is 16.8 Å². The van der Waals surface area contributed by atoms with Gasteiger partial charge in [-0.2, -0.15) is 26.3 Å². The fourth-order valence-corrected chi connectivity index (χ4v) is 0.697. The third-order valence-electron chi connectivity index (χ3n) is 1.38. The second kappa shape index (κ2) is 10.5. The fourth-order valence-electron chi connectivity index (χ4n) is 0.484. The molecule has 0 N–H and O–H groups in total. The molecule has 0 aliphatic heterocycles. The van der Waals surface area contributed by atoms with Crippen LogP contribution in [-0.2, 0) is 20.2 Å². The Hall–Kier alpha value is -0.698. The summed E-state index contributed by atoms with van der Waals surface area (Å²) in [6, 6.07) is 6.43. The predicted molar refractivity (Wildman–Crippen MR) is 70.4 cm³/mol. The first kappa shape index (κ1) is 29.1. The first-order chi connectivity index (χ1) is 10.3. The van der Waals surface area contributed by atoms with Crippen molar-refractivity contribution in [2.75, 3.05) is 0 Å². The summed E-state index contributed by atoms with van der Waals surface area (Å²) in [5.41, 5.74) is -11.3. The van der Waals surface area contributed by atoms with Crippen LogP contribution < -0.4 is 5.11 Å². The van der Waals surface area contributed by atoms with Gasteiger partial charge in [-0.15, -0.1) is 18.4 Å². The van der Waals surface area contributed by atoms with Gasteiger partial charge in [-0.05, 0) is 6.07 Å². The molecule has 1 aromatic carbocycles. The molecule has 0 aliphatic carbocycles. The molecule has 0 atom stereocenters. The van der Waals surface area contributed by atoms with Crippen LogP contribution in [0.15, 0.2) is 29.2 Å². The molecular weight excluding hydrogens is 445 g/mol. The monoisotopic (exact) mass is 450 g/mol. The Morgan fingerprint density at radius 2 is 1.12 bits per heavy atom. The normalized spacial score (nSPS) is 11.9. The summed E-state index contributed by atoms with van der Waals surface area (Å²) in [4.78, 5) is 0.720. The molecule has 0 saturated carbocycles. The molecule has 0 amide bonds. The Morgan fingerprint density at radius 3 is 1.24 bits per heavy atom. The molecule has 0 radical (unpaired) electrons. The van der Waals surface area contributed by atoms with E-state index in [1.54, 1.807) is 12.1 Å². The van der Waals surface area contributed by atoms with E-state index in [9.17, 15) is 31.4 Å². The van der Waals surface area contributed by atoms with Crippen LogP contribution in [0.3, 0.4) is 0 Å². The first-order valence-electron chi connectivity index (χ1n) is 4.79. The maximum absolute atomic E-state index is 10.7. The van der Waals surface area contributed by atoms with Gasteiger partial charge in [0.15, 0.2) is 20.2 Å². The summed E-state index contributed by atoms with van der Waals surface area (Å²) in [5, 5.41) is 10.4. The van der Waals surface area contributed by atoms with Crippen LogP contribution in [0, 0.1) is 0 Å². The molecule has 17 heteroatoms. The second-order valence-electron chi connectivity index (χ2n) is 3.30. The van der Waals surface area contributed by atoms with Crippen molar-refractivity contribution >= 4 is 50.2 Å². The van der Waals surface area contributed by atoms with Crippen molar-refractivity contribution in [1.82, 2.24) is 0 Å². The van der Waals surface area contributed by atoms with Gasteiger partial charge >= 0.3 is 28.4 Å². The van der Waals surface area contributed by atoms with Gasteiger partial charge in [0, 0.05) is 4.90 Å². The molecule has 0 saturated heterocycles. The van der Waals surface area contributed by atoms with E-state index in [0.29, 0.717) is 0 Å². The number of thiol groups is 1. The van der Waals surface area contributed by atoms with Crippen LogP contribution in [0.25, 0.3) is 0 Å². The summed E-state index contributed by atoms with van der Waals surface area (Å²) < 4.78 is 118. The quantitative estimate of drug-likeness (QED) is 0.203. The fraction of sp³-hybridized carbons (Fsp3) is 0.250. The van der Waals surface area contributed by atoms with Crippen LogP contribution >= 0.6 is 12.6 Å². The second-order valence-corrected chi connectivity index (χ2v) is 6.56. The Bertz CT molecular complexity index is 670. The van der Waals surface area contributed by atoms with Crippen molar-refractivity contribution in [3.05, 3.63) is 24.3 Å². The summed E-state index contributed by atoms with van der Waals surface area (Å²) in [6.45, 7) is 0. The standard InChI is InChI=1S/C6H6OS.2CHF3O3S.Al/c7-5-2-1-3-6(8)4-5;2*2-1(3,4)8(5,6)7;/h1-4,7-8H;2*(H,5,6,7);/q;;;+3/p-3. The molecule has 142 valence electrons. The maximum atomic E-state index is 10.7. The van der Waals surface area contributed by atoms with E-state index in [4.69, 9.17) is 25.9 Å². The molecule has 1 rings (SSSR count). The molecule has 25 heavy (non-hydrogen) atoms. The number of halogens is 6. The van der Waals surface area contributed by atoms with E-state index >= 15 is 0 Å². The zero-order valence-corrected chi connectivity index (χ0v) is 15.0. The van der Waals surface area contributed by atoms with Gasteiger partial charge < -0.3 is 14.2 Å². The zero-order valence-electron chi connectivity index (χ0n) is 11.3. The van der Waals surface area contributed by atoms with Gasteiger partial charge in [-0.3, -0.25) is 0 Å². The minimum Gasteiger partial charge on any atom is -0.872 e. The molecule has 0 spiro atoms. The van der Waals surface area contributed by atoms with Crippen molar-refractivity contribution in [3.8, 4) is 5.75 Å². The molecule has 0 bridgehead atoms. The Kier molecular flexibility index (Phi) is 12.2. The minimum absolute atomic E-state index is 0. The Morgan fingerprint density at radius 1 is 0.840 bits per heavy atom. The molecule has 1 aromatic rings. The van der Waals surface area contributed by atoms with E-state index < -0.39 is 31.3 Å². The minimum atomic E-state index is -6.09. The van der Waals surface area contributed by atoms with E-state index in [0.717, 1.165) is 4.90 Å². The zero-order chi connectivity index (χ0) is 20.0. The SMILES string of the molecule is O=S(=O)([O-])C(F)(F)F.O=S(=O)([O-])C(F)(F)F.[Al+3].[O-]c1cccc(S)c1. The van der Waals surface area contributed by atoms with Crippen LogP contribution in [0.2, 0.25) is 0 Å². The molecule has 7 nitrogen and oxygen atoms in total. The number of hydrogen-bond acceptors (Lipinski definition) is 8. The summed E-state index contributed by atoms with van der Waals surface area (Å²) in [5.74, 6) is 0.0116. The van der Waals surface area contributed by atoms with E-state index in [1.807, 2.05) is 0 Å². The summed E-state index contributed by atoms with van der Waals surface area (Å²) in [6.07, 6.45) is 0. The molecule has 0 aromatic heterocycles. The van der Waals surface area contributed by atoms with Gasteiger partial charge in [0.2, 0.25) is 0 Å². The molecule has 0 fully saturated rings. The first-order valence-corrected chi connectivity index (χ1v) is 8.05. The van der Waals surface area contributed by atoms with Gasteiger partial charge in [-0.1, -0.05) is 18.2 Å². The number of hydrogen-bond donors (Lipinski definition) is 1. The van der Waals surface area contributed by atoms with Gasteiger partial charge in [0.1, 0.15) is 0 Å². The van der Waals surface area contributed by atoms with Crippen LogP contribution in [-0.4, -0.2) is 54.3 Å². The molecule has 0 unspecified atom stereocenters. The largest absolute Gasteiger partial charge is 3.00 e. The Balaban J connectivity index is -0.000000285. The van der Waals surface area contributed by atoms with Crippen LogP contribution in [0.5, 0.6) is 5.75 Å². The number of benzene rings is 1. The predicted octanol–water partition coefficient (Wildman–Crippen LogP) is 0.771. The molecule has 0 heterocycles. The van der Waals surface area contributed by atoms with Crippen LogP contribution in [0.4, 0.5) is 26.3 Å². The van der Waals surface area contributed by atoms with Crippen molar-refractivity contribution in [1.29, 1.82) is 0 Å². The molecular formula is C8H5AlF6O7S3. The van der Waals surface area contributed by atoms with Crippen molar-refractivity contribution in [2.45, 2.75) is 15.9 Å². The van der Waals surface area contributed by atoms with Crippen molar-refractivity contribution in [3.63, 3.8) is 0 Å². The van der Waals surface area contributed by atoms with E-state index in [2.05, 4.69) is 12.6 Å². The van der Waals surface area contributed by atoms with Crippen molar-refractivity contribution < 1.29 is 57.4 Å². The van der Waals surface area contributed by atoms with Gasteiger partial charge in [0.25, 0.3) is 0 Å². The van der Waals surface area contributed by atoms with E-state index in [1.165, 1.54) is 12.1 Å². The van der Waals surface area contributed by atoms with E-state index in [-0.39, 0.29) is 23.1 Å². The summed E-state index contributed by atoms with van der Waals surface area (Å²) >= 11 is 3.95. The third-order valence-corrected chi connectivity index (χ3v) is 2.80. The maximum Gasteiger partial charge on any atom is 3.00 e. The van der Waals surface area contributed by atoms with Crippen molar-refractivity contribution in [2.24, 2.45) is 0 Å². The van der Waals surface area contributed by atoms with Crippen LogP contribution in [0.1, 0.15) is 0 Å². The average molecular weight is 450 g/mol. The summed E-state index contributed by atoms with van der Waals surface area (Å²) in [7, 11) is -12.2. The topological polar surface area (TPSA) is 137 Å². The van der Waals surface area contributed by atoms with Gasteiger partial charge in [0.05, 0.1) is 0 Å². The average Bonchev–Trinajstić information content (AvgIpc) is 2.24. The number of rotatable bonds is 0. The third kappa shape index (κ3) is 14.2. The molecule has 0 aliphatic rings.